The van der Waals surface area contributed by atoms with E-state index in [0.29, 0.717) is 0 Å². The van der Waals surface area contributed by atoms with E-state index in [0.717, 1.165) is 45.0 Å². The van der Waals surface area contributed by atoms with Gasteiger partial charge in [-0.2, -0.15) is 0 Å². The van der Waals surface area contributed by atoms with Crippen LogP contribution in [-0.2, 0) is 0 Å². The minimum Gasteiger partial charge on any atom is -0.288 e. The topological polar surface area (TPSA) is 55.0 Å². The van der Waals surface area contributed by atoms with Crippen molar-refractivity contribution in [3.63, 3.8) is 0 Å². The van der Waals surface area contributed by atoms with Gasteiger partial charge >= 0.3 is 0 Å². The average molecular weight is 196 g/mol. The van der Waals surface area contributed by atoms with Crippen LogP contribution in [0.3, 0.4) is 0 Å². The van der Waals surface area contributed by atoms with E-state index in [1.54, 1.807) is 0 Å². The number of nitrogens with zero attached hydrogens (tertiary/aromatic N) is 5. The molecule has 0 fully saturated rings. The monoisotopic (exact) mass is 196 g/mol. The summed E-state index contributed by atoms with van der Waals surface area (Å²) in [6.45, 7) is 8.21. The lowest BCUT2D eigenvalue weighted by Crippen LogP contribution is -2.28. The molecule has 1 aliphatic heterocycles. The SMILES string of the molecule is CCCN1CC[N+](CCC)=C1N=[N+]=[N-]. The molecular weight excluding hydrogens is 178 g/mol. The van der Waals surface area contributed by atoms with Gasteiger partial charge in [0.05, 0.1) is 26.2 Å². The van der Waals surface area contributed by atoms with Crippen molar-refractivity contribution in [2.24, 2.45) is 5.11 Å². The Balaban J connectivity index is 2.78. The van der Waals surface area contributed by atoms with Crippen LogP contribution in [0, 0.1) is 0 Å². The van der Waals surface area contributed by atoms with Gasteiger partial charge in [0.15, 0.2) is 0 Å². The molecule has 0 amide bonds. The number of guanidine groups is 1. The molecule has 1 aliphatic rings. The zero-order chi connectivity index (χ0) is 10.4. The second-order valence-electron chi connectivity index (χ2n) is 3.46. The Bertz CT molecular complexity index is 264. The van der Waals surface area contributed by atoms with Crippen molar-refractivity contribution in [2.45, 2.75) is 26.7 Å². The highest BCUT2D eigenvalue weighted by molar-refractivity contribution is 5.76. The van der Waals surface area contributed by atoms with Crippen LogP contribution in [-0.4, -0.2) is 41.6 Å². The summed E-state index contributed by atoms with van der Waals surface area (Å²) in [5.74, 6) is 0.816. The molecule has 0 aromatic rings. The van der Waals surface area contributed by atoms with Gasteiger partial charge < -0.3 is 0 Å². The third-order valence-corrected chi connectivity index (χ3v) is 2.33. The molecule has 0 aromatic carbocycles. The number of hydrogen-bond donors (Lipinski definition) is 0. The van der Waals surface area contributed by atoms with Crippen molar-refractivity contribution in [1.29, 1.82) is 0 Å². The Labute approximate surface area is 84.7 Å². The van der Waals surface area contributed by atoms with E-state index in [4.69, 9.17) is 5.53 Å². The Hall–Kier alpha value is -1.22. The summed E-state index contributed by atoms with van der Waals surface area (Å²) in [5.41, 5.74) is 8.48. The van der Waals surface area contributed by atoms with Crippen molar-refractivity contribution < 1.29 is 4.58 Å². The molecule has 1 heterocycles. The zero-order valence-electron chi connectivity index (χ0n) is 8.98. The Morgan fingerprint density at radius 3 is 2.86 bits per heavy atom. The highest BCUT2D eigenvalue weighted by atomic mass is 15.4. The van der Waals surface area contributed by atoms with Crippen molar-refractivity contribution in [1.82, 2.24) is 4.90 Å². The first-order valence-electron chi connectivity index (χ1n) is 5.25. The van der Waals surface area contributed by atoms with Gasteiger partial charge in [-0.3, -0.25) is 9.48 Å². The van der Waals surface area contributed by atoms with Gasteiger partial charge in [0.2, 0.25) is 0 Å². The summed E-state index contributed by atoms with van der Waals surface area (Å²) in [7, 11) is 0. The fourth-order valence-corrected chi connectivity index (χ4v) is 1.77. The van der Waals surface area contributed by atoms with Gasteiger partial charge in [-0.1, -0.05) is 13.8 Å². The zero-order valence-corrected chi connectivity index (χ0v) is 8.98. The third-order valence-electron chi connectivity index (χ3n) is 2.33. The molecule has 0 radical (unpaired) electrons. The maximum absolute atomic E-state index is 8.48. The lowest BCUT2D eigenvalue weighted by atomic mass is 10.4. The van der Waals surface area contributed by atoms with Crippen LogP contribution in [0.4, 0.5) is 0 Å². The van der Waals surface area contributed by atoms with E-state index < -0.39 is 0 Å². The molecule has 0 saturated heterocycles. The molecule has 0 bridgehead atoms. The standard InChI is InChI=1S/C9H18N5/c1-3-5-13-7-8-14(6-4-2)9(13)11-12-10/h3-8H2,1-2H3/q+1. The van der Waals surface area contributed by atoms with Gasteiger partial charge in [-0.15, -0.1) is 0 Å². The molecule has 0 spiro atoms. The lowest BCUT2D eigenvalue weighted by molar-refractivity contribution is -0.518. The molecule has 0 atom stereocenters. The highest BCUT2D eigenvalue weighted by Gasteiger charge is 2.24. The summed E-state index contributed by atoms with van der Waals surface area (Å²) in [6, 6.07) is 0. The van der Waals surface area contributed by atoms with E-state index in [-0.39, 0.29) is 0 Å². The van der Waals surface area contributed by atoms with Gasteiger partial charge in [-0.05, 0) is 18.4 Å². The van der Waals surface area contributed by atoms with Crippen LogP contribution >= 0.6 is 0 Å². The predicted molar refractivity (Wildman–Crippen MR) is 56.3 cm³/mol. The van der Waals surface area contributed by atoms with Crippen molar-refractivity contribution >= 4 is 5.96 Å². The Morgan fingerprint density at radius 1 is 1.50 bits per heavy atom. The smallest absolute Gasteiger partial charge is 0.283 e. The van der Waals surface area contributed by atoms with Crippen LogP contribution in [0.1, 0.15) is 26.7 Å². The fourth-order valence-electron chi connectivity index (χ4n) is 1.77. The summed E-state index contributed by atoms with van der Waals surface area (Å²) >= 11 is 0. The number of hydrogen-bond acceptors (Lipinski definition) is 2. The van der Waals surface area contributed by atoms with E-state index in [2.05, 4.69) is 33.3 Å². The maximum Gasteiger partial charge on any atom is 0.283 e. The molecule has 5 heteroatoms. The second-order valence-corrected chi connectivity index (χ2v) is 3.46. The molecule has 0 N–H and O–H groups in total. The lowest BCUT2D eigenvalue weighted by Gasteiger charge is -2.10. The molecule has 14 heavy (non-hydrogen) atoms. The van der Waals surface area contributed by atoms with E-state index in [9.17, 15) is 0 Å². The average Bonchev–Trinajstić information content (AvgIpc) is 2.52. The Morgan fingerprint density at radius 2 is 2.29 bits per heavy atom. The van der Waals surface area contributed by atoms with Crippen molar-refractivity contribution in [3.05, 3.63) is 10.4 Å². The van der Waals surface area contributed by atoms with Crippen LogP contribution in [0.2, 0.25) is 0 Å². The molecule has 5 nitrogen and oxygen atoms in total. The summed E-state index contributed by atoms with van der Waals surface area (Å²) in [5, 5.41) is 3.77. The third kappa shape index (κ3) is 2.39. The second kappa shape index (κ2) is 5.50. The highest BCUT2D eigenvalue weighted by Crippen LogP contribution is 2.05. The molecule has 0 aliphatic carbocycles. The van der Waals surface area contributed by atoms with Crippen molar-refractivity contribution in [3.8, 4) is 0 Å². The van der Waals surface area contributed by atoms with Crippen LogP contribution in [0.25, 0.3) is 10.4 Å². The van der Waals surface area contributed by atoms with Gasteiger partial charge in [0.25, 0.3) is 5.96 Å². The summed E-state index contributed by atoms with van der Waals surface area (Å²) < 4.78 is 2.16. The normalized spacial score (nSPS) is 16.0. The molecule has 1 rings (SSSR count). The molecule has 78 valence electrons. The first-order chi connectivity index (χ1) is 6.83. The number of rotatable bonds is 4. The molecular formula is C9H18N5+. The summed E-state index contributed by atoms with van der Waals surface area (Å²) in [6.07, 6.45) is 2.18. The fraction of sp³-hybridized carbons (Fsp3) is 0.889. The quantitative estimate of drug-likeness (QED) is 0.293. The van der Waals surface area contributed by atoms with E-state index in [1.165, 1.54) is 0 Å². The minimum absolute atomic E-state index is 0.816. The molecule has 0 unspecified atom stereocenters. The van der Waals surface area contributed by atoms with Crippen molar-refractivity contribution in [2.75, 3.05) is 26.2 Å². The summed E-state index contributed by atoms with van der Waals surface area (Å²) in [4.78, 5) is 5.05. The van der Waals surface area contributed by atoms with Gasteiger partial charge in [0.1, 0.15) is 0 Å². The van der Waals surface area contributed by atoms with Gasteiger partial charge in [-0.25, -0.2) is 0 Å². The number of azide groups is 1. The van der Waals surface area contributed by atoms with Crippen LogP contribution in [0.5, 0.6) is 0 Å². The predicted octanol–water partition coefficient (Wildman–Crippen LogP) is 1.80. The largest absolute Gasteiger partial charge is 0.288 e. The maximum atomic E-state index is 8.48. The van der Waals surface area contributed by atoms with Crippen LogP contribution in [0.15, 0.2) is 5.11 Å². The first-order valence-corrected chi connectivity index (χ1v) is 5.25. The minimum atomic E-state index is 0.816. The Kier molecular flexibility index (Phi) is 4.26. The molecule has 0 aromatic heterocycles. The molecule has 0 saturated carbocycles. The van der Waals surface area contributed by atoms with Crippen LogP contribution < -0.4 is 0 Å². The first kappa shape index (κ1) is 10.9. The van der Waals surface area contributed by atoms with E-state index in [1.807, 2.05) is 0 Å². The van der Waals surface area contributed by atoms with Gasteiger partial charge in [0, 0.05) is 10.0 Å². The van der Waals surface area contributed by atoms with E-state index >= 15 is 0 Å².